The number of aromatic nitrogens is 1. The molecule has 2 N–H and O–H groups in total. The monoisotopic (exact) mass is 391 g/mol. The fourth-order valence-electron chi connectivity index (χ4n) is 2.22. The zero-order valence-corrected chi connectivity index (χ0v) is 15.5. The molecule has 0 aliphatic heterocycles. The minimum atomic E-state index is -0.148. The topological polar surface area (TPSA) is 54.0 Å². The van der Waals surface area contributed by atoms with Crippen molar-refractivity contribution in [2.24, 2.45) is 0 Å². The predicted octanol–water partition coefficient (Wildman–Crippen LogP) is 5.09. The Bertz CT molecular complexity index is 868. The molecule has 3 rings (SSSR count). The van der Waals surface area contributed by atoms with Crippen molar-refractivity contribution in [1.82, 2.24) is 4.98 Å². The molecule has 0 bridgehead atoms. The van der Waals surface area contributed by atoms with E-state index >= 15 is 0 Å². The number of carbonyl (C=O) groups is 1. The molecule has 1 heterocycles. The molecule has 2 aromatic carbocycles. The Morgan fingerprint density at radius 3 is 2.72 bits per heavy atom. The molecule has 25 heavy (non-hydrogen) atoms. The van der Waals surface area contributed by atoms with Crippen molar-refractivity contribution in [1.29, 1.82) is 0 Å². The van der Waals surface area contributed by atoms with Gasteiger partial charge in [-0.05, 0) is 35.9 Å². The number of halogens is 2. The number of thiazole rings is 1. The Kier molecular flexibility index (Phi) is 5.91. The molecule has 128 valence electrons. The van der Waals surface area contributed by atoms with Gasteiger partial charge in [-0.15, -0.1) is 11.3 Å². The van der Waals surface area contributed by atoms with E-state index < -0.39 is 0 Å². The van der Waals surface area contributed by atoms with Crippen LogP contribution in [-0.2, 0) is 11.2 Å². The van der Waals surface area contributed by atoms with Crippen molar-refractivity contribution in [3.8, 4) is 0 Å². The molecule has 0 radical (unpaired) electrons. The molecule has 0 spiro atoms. The number of hydrogen-bond acceptors (Lipinski definition) is 4. The largest absolute Gasteiger partial charge is 0.376 e. The highest BCUT2D eigenvalue weighted by molar-refractivity contribution is 7.15. The first-order chi connectivity index (χ1) is 12.1. The molecule has 0 aliphatic rings. The fourth-order valence-corrected chi connectivity index (χ4v) is 3.45. The molecular formula is C18H15Cl2N3OS. The molecule has 4 nitrogen and oxygen atoms in total. The SMILES string of the molecule is O=C(CNc1ccccc1)Nc1ncc(Cc2cc(Cl)ccc2Cl)s1. The molecule has 1 aromatic heterocycles. The van der Waals surface area contributed by atoms with Gasteiger partial charge in [-0.3, -0.25) is 4.79 Å². The summed E-state index contributed by atoms with van der Waals surface area (Å²) in [6.07, 6.45) is 2.36. The molecule has 0 fully saturated rings. The molecule has 0 saturated carbocycles. The van der Waals surface area contributed by atoms with Crippen molar-refractivity contribution in [3.63, 3.8) is 0 Å². The second-order valence-electron chi connectivity index (χ2n) is 5.31. The minimum Gasteiger partial charge on any atom is -0.376 e. The van der Waals surface area contributed by atoms with Gasteiger partial charge in [0.15, 0.2) is 5.13 Å². The van der Waals surface area contributed by atoms with E-state index in [-0.39, 0.29) is 12.5 Å². The average Bonchev–Trinajstić information content (AvgIpc) is 3.04. The van der Waals surface area contributed by atoms with Gasteiger partial charge in [0.1, 0.15) is 0 Å². The van der Waals surface area contributed by atoms with Gasteiger partial charge in [0, 0.05) is 33.2 Å². The second kappa shape index (κ2) is 8.34. The summed E-state index contributed by atoms with van der Waals surface area (Å²) in [7, 11) is 0. The molecule has 0 saturated heterocycles. The van der Waals surface area contributed by atoms with Crippen LogP contribution in [0.3, 0.4) is 0 Å². The summed E-state index contributed by atoms with van der Waals surface area (Å²) in [5.41, 5.74) is 1.83. The van der Waals surface area contributed by atoms with Crippen LogP contribution in [0.15, 0.2) is 54.7 Å². The third-order valence-corrected chi connectivity index (χ3v) is 4.92. The maximum Gasteiger partial charge on any atom is 0.245 e. The van der Waals surface area contributed by atoms with Gasteiger partial charge in [0.05, 0.1) is 6.54 Å². The van der Waals surface area contributed by atoms with E-state index in [2.05, 4.69) is 15.6 Å². The van der Waals surface area contributed by atoms with Crippen LogP contribution < -0.4 is 10.6 Å². The van der Waals surface area contributed by atoms with Crippen molar-refractivity contribution >= 4 is 51.3 Å². The molecule has 3 aromatic rings. The first-order valence-electron chi connectivity index (χ1n) is 7.57. The summed E-state index contributed by atoms with van der Waals surface area (Å²) in [5, 5.41) is 7.72. The van der Waals surface area contributed by atoms with Gasteiger partial charge in [-0.2, -0.15) is 0 Å². The van der Waals surface area contributed by atoms with Crippen LogP contribution in [-0.4, -0.2) is 17.4 Å². The summed E-state index contributed by atoms with van der Waals surface area (Å²) < 4.78 is 0. The van der Waals surface area contributed by atoms with Gasteiger partial charge in [-0.1, -0.05) is 41.4 Å². The smallest absolute Gasteiger partial charge is 0.245 e. The van der Waals surface area contributed by atoms with Crippen molar-refractivity contribution in [3.05, 3.63) is 75.2 Å². The van der Waals surface area contributed by atoms with E-state index in [1.165, 1.54) is 11.3 Å². The van der Waals surface area contributed by atoms with Gasteiger partial charge in [-0.25, -0.2) is 4.98 Å². The van der Waals surface area contributed by atoms with E-state index in [0.717, 1.165) is 16.1 Å². The quantitative estimate of drug-likeness (QED) is 0.614. The number of para-hydroxylation sites is 1. The van der Waals surface area contributed by atoms with E-state index in [1.807, 2.05) is 36.4 Å². The van der Waals surface area contributed by atoms with Crippen molar-refractivity contribution in [2.45, 2.75) is 6.42 Å². The van der Waals surface area contributed by atoms with Gasteiger partial charge < -0.3 is 10.6 Å². The number of carbonyl (C=O) groups excluding carboxylic acids is 1. The Morgan fingerprint density at radius 1 is 1.12 bits per heavy atom. The molecular weight excluding hydrogens is 377 g/mol. The minimum absolute atomic E-state index is 0.148. The highest BCUT2D eigenvalue weighted by Crippen LogP contribution is 2.26. The van der Waals surface area contributed by atoms with Crippen LogP contribution in [0.1, 0.15) is 10.4 Å². The van der Waals surface area contributed by atoms with Crippen LogP contribution in [0.25, 0.3) is 0 Å². The van der Waals surface area contributed by atoms with Crippen LogP contribution in [0, 0.1) is 0 Å². The lowest BCUT2D eigenvalue weighted by Crippen LogP contribution is -2.21. The third-order valence-electron chi connectivity index (χ3n) is 3.40. The maximum atomic E-state index is 12.0. The number of nitrogens with one attached hydrogen (secondary N) is 2. The number of amides is 1. The van der Waals surface area contributed by atoms with Crippen molar-refractivity contribution in [2.75, 3.05) is 17.2 Å². The van der Waals surface area contributed by atoms with Crippen molar-refractivity contribution < 1.29 is 4.79 Å². The number of rotatable bonds is 6. The normalized spacial score (nSPS) is 10.5. The molecule has 0 aliphatic carbocycles. The Labute approximate surface area is 159 Å². The van der Waals surface area contributed by atoms with E-state index in [0.29, 0.717) is 21.6 Å². The van der Waals surface area contributed by atoms with Gasteiger partial charge >= 0.3 is 0 Å². The Morgan fingerprint density at radius 2 is 1.92 bits per heavy atom. The second-order valence-corrected chi connectivity index (χ2v) is 7.27. The summed E-state index contributed by atoms with van der Waals surface area (Å²) in [4.78, 5) is 17.2. The lowest BCUT2D eigenvalue weighted by atomic mass is 10.1. The zero-order chi connectivity index (χ0) is 17.6. The summed E-state index contributed by atoms with van der Waals surface area (Å²) >= 11 is 13.6. The standard InChI is InChI=1S/C18H15Cl2N3OS/c19-13-6-7-16(20)12(8-13)9-15-10-22-18(25-15)23-17(24)11-21-14-4-2-1-3-5-14/h1-8,10,21H,9,11H2,(H,22,23,24). The molecule has 7 heteroatoms. The third kappa shape index (κ3) is 5.19. The maximum absolute atomic E-state index is 12.0. The predicted molar refractivity (Wildman–Crippen MR) is 105 cm³/mol. The lowest BCUT2D eigenvalue weighted by molar-refractivity contribution is -0.114. The number of anilines is 2. The number of hydrogen-bond donors (Lipinski definition) is 2. The molecule has 0 unspecified atom stereocenters. The average molecular weight is 392 g/mol. The highest BCUT2D eigenvalue weighted by Gasteiger charge is 2.09. The summed E-state index contributed by atoms with van der Waals surface area (Å²) in [6, 6.07) is 14.9. The first kappa shape index (κ1) is 17.7. The summed E-state index contributed by atoms with van der Waals surface area (Å²) in [6.45, 7) is 0.180. The molecule has 0 atom stereocenters. The van der Waals surface area contributed by atoms with Gasteiger partial charge in [0.2, 0.25) is 5.91 Å². The van der Waals surface area contributed by atoms with E-state index in [9.17, 15) is 4.79 Å². The lowest BCUT2D eigenvalue weighted by Gasteiger charge is -2.05. The van der Waals surface area contributed by atoms with Crippen LogP contribution in [0.2, 0.25) is 10.0 Å². The number of nitrogens with zero attached hydrogens (tertiary/aromatic N) is 1. The highest BCUT2D eigenvalue weighted by atomic mass is 35.5. The van der Waals surface area contributed by atoms with Crippen LogP contribution >= 0.6 is 34.5 Å². The van der Waals surface area contributed by atoms with E-state index in [1.54, 1.807) is 18.3 Å². The Balaban J connectivity index is 1.56. The fraction of sp³-hybridized carbons (Fsp3) is 0.111. The number of benzene rings is 2. The van der Waals surface area contributed by atoms with Crippen LogP contribution in [0.5, 0.6) is 0 Å². The van der Waals surface area contributed by atoms with Gasteiger partial charge in [0.25, 0.3) is 0 Å². The van der Waals surface area contributed by atoms with E-state index in [4.69, 9.17) is 23.2 Å². The molecule has 1 amide bonds. The zero-order valence-electron chi connectivity index (χ0n) is 13.1. The Hall–Kier alpha value is -2.08. The van der Waals surface area contributed by atoms with Crippen LogP contribution in [0.4, 0.5) is 10.8 Å². The first-order valence-corrected chi connectivity index (χ1v) is 9.15. The summed E-state index contributed by atoms with van der Waals surface area (Å²) in [5.74, 6) is -0.148.